The number of ether oxygens (including phenoxy) is 2. The number of carboxylic acids is 1. The first-order valence-electron chi connectivity index (χ1n) is 9.91. The van der Waals surface area contributed by atoms with Crippen LogP contribution in [0.2, 0.25) is 0 Å². The molecule has 2 aliphatic rings. The molecule has 0 radical (unpaired) electrons. The van der Waals surface area contributed by atoms with E-state index in [2.05, 4.69) is 28.1 Å². The van der Waals surface area contributed by atoms with Crippen LogP contribution in [-0.2, 0) is 4.79 Å². The summed E-state index contributed by atoms with van der Waals surface area (Å²) in [5.41, 5.74) is 3.23. The van der Waals surface area contributed by atoms with Crippen molar-refractivity contribution in [3.63, 3.8) is 0 Å². The predicted molar refractivity (Wildman–Crippen MR) is 108 cm³/mol. The van der Waals surface area contributed by atoms with Gasteiger partial charge >= 0.3 is 5.97 Å². The van der Waals surface area contributed by atoms with Crippen LogP contribution in [0.4, 0.5) is 0 Å². The van der Waals surface area contributed by atoms with Crippen molar-refractivity contribution in [3.05, 3.63) is 65.9 Å². The zero-order chi connectivity index (χ0) is 19.8. The van der Waals surface area contributed by atoms with Gasteiger partial charge in [0.15, 0.2) is 11.5 Å². The second-order valence-electron chi connectivity index (χ2n) is 7.58. The standard InChI is InChI=1S/C23H22N2O4/c26-23(27)15-8-11-25(12-9-15)22(16-5-6-20-21(13-16)29-14-28-20)18-7-10-24-19-4-2-1-3-17(18)19/h1-7,10,13,15,22H,8-9,11-12,14H2,(H,26,27). The minimum atomic E-state index is -0.696. The number of nitrogens with zero attached hydrogens (tertiary/aromatic N) is 2. The Labute approximate surface area is 168 Å². The summed E-state index contributed by atoms with van der Waals surface area (Å²) >= 11 is 0. The van der Waals surface area contributed by atoms with E-state index in [9.17, 15) is 9.90 Å². The van der Waals surface area contributed by atoms with Crippen LogP contribution in [0.25, 0.3) is 10.9 Å². The van der Waals surface area contributed by atoms with E-state index in [0.29, 0.717) is 12.8 Å². The summed E-state index contributed by atoms with van der Waals surface area (Å²) in [4.78, 5) is 18.3. The van der Waals surface area contributed by atoms with Crippen molar-refractivity contribution in [1.82, 2.24) is 9.88 Å². The van der Waals surface area contributed by atoms with Gasteiger partial charge in [0, 0.05) is 11.6 Å². The molecule has 5 rings (SSSR count). The summed E-state index contributed by atoms with van der Waals surface area (Å²) in [5.74, 6) is 0.555. The zero-order valence-electron chi connectivity index (χ0n) is 16.0. The number of pyridine rings is 1. The smallest absolute Gasteiger partial charge is 0.306 e. The predicted octanol–water partition coefficient (Wildman–Crippen LogP) is 3.85. The number of aromatic nitrogens is 1. The minimum Gasteiger partial charge on any atom is -0.481 e. The van der Waals surface area contributed by atoms with Gasteiger partial charge in [0.05, 0.1) is 17.5 Å². The van der Waals surface area contributed by atoms with E-state index in [4.69, 9.17) is 9.47 Å². The summed E-state index contributed by atoms with van der Waals surface area (Å²) in [5, 5.41) is 10.5. The Morgan fingerprint density at radius 2 is 1.86 bits per heavy atom. The Balaban J connectivity index is 1.59. The highest BCUT2D eigenvalue weighted by Crippen LogP contribution is 2.40. The monoisotopic (exact) mass is 390 g/mol. The SMILES string of the molecule is O=C(O)C1CCN(C(c2ccc3c(c2)OCO3)c2ccnc3ccccc23)CC1. The van der Waals surface area contributed by atoms with Gasteiger partial charge in [-0.15, -0.1) is 0 Å². The molecule has 1 N–H and O–H groups in total. The van der Waals surface area contributed by atoms with E-state index in [-0.39, 0.29) is 18.8 Å². The van der Waals surface area contributed by atoms with Crippen LogP contribution in [-0.4, -0.2) is 40.8 Å². The Bertz CT molecular complexity index is 1050. The molecule has 0 spiro atoms. The minimum absolute atomic E-state index is 0.00727. The molecule has 2 aromatic carbocycles. The summed E-state index contributed by atoms with van der Waals surface area (Å²) in [6.45, 7) is 1.70. The number of hydrogen-bond donors (Lipinski definition) is 1. The molecule has 3 heterocycles. The quantitative estimate of drug-likeness (QED) is 0.730. The molecule has 6 nitrogen and oxygen atoms in total. The van der Waals surface area contributed by atoms with E-state index in [1.165, 1.54) is 5.56 Å². The van der Waals surface area contributed by atoms with Gasteiger partial charge in [0.2, 0.25) is 6.79 Å². The third kappa shape index (κ3) is 3.29. The van der Waals surface area contributed by atoms with Crippen molar-refractivity contribution in [1.29, 1.82) is 0 Å². The van der Waals surface area contributed by atoms with Crippen LogP contribution in [0.1, 0.15) is 30.0 Å². The first-order chi connectivity index (χ1) is 14.2. The van der Waals surface area contributed by atoms with Gasteiger partial charge in [-0.1, -0.05) is 24.3 Å². The fourth-order valence-corrected chi connectivity index (χ4v) is 4.43. The lowest BCUT2D eigenvalue weighted by Gasteiger charge is -2.37. The number of carbonyl (C=O) groups is 1. The van der Waals surface area contributed by atoms with Gasteiger partial charge in [0.1, 0.15) is 0 Å². The molecular weight excluding hydrogens is 368 g/mol. The number of carboxylic acid groups (broad SMARTS) is 1. The van der Waals surface area contributed by atoms with Crippen molar-refractivity contribution in [3.8, 4) is 11.5 Å². The third-order valence-corrected chi connectivity index (χ3v) is 5.93. The molecule has 0 saturated carbocycles. The average Bonchev–Trinajstić information content (AvgIpc) is 3.22. The highest BCUT2D eigenvalue weighted by atomic mass is 16.7. The highest BCUT2D eigenvalue weighted by Gasteiger charge is 2.31. The number of likely N-dealkylation sites (tertiary alicyclic amines) is 1. The largest absolute Gasteiger partial charge is 0.481 e. The normalized spacial score (nSPS) is 18.1. The second-order valence-corrected chi connectivity index (χ2v) is 7.58. The Hall–Kier alpha value is -3.12. The number of fused-ring (bicyclic) bond motifs is 2. The number of benzene rings is 2. The zero-order valence-corrected chi connectivity index (χ0v) is 16.0. The molecule has 0 amide bonds. The van der Waals surface area contributed by atoms with E-state index >= 15 is 0 Å². The van der Waals surface area contributed by atoms with Crippen LogP contribution in [0, 0.1) is 5.92 Å². The molecule has 1 saturated heterocycles. The van der Waals surface area contributed by atoms with E-state index in [0.717, 1.165) is 41.1 Å². The lowest BCUT2D eigenvalue weighted by Crippen LogP contribution is -2.39. The lowest BCUT2D eigenvalue weighted by molar-refractivity contribution is -0.143. The molecular formula is C23H22N2O4. The molecule has 0 aliphatic carbocycles. The third-order valence-electron chi connectivity index (χ3n) is 5.93. The highest BCUT2D eigenvalue weighted by molar-refractivity contribution is 5.83. The maximum absolute atomic E-state index is 11.4. The summed E-state index contributed by atoms with van der Waals surface area (Å²) < 4.78 is 11.1. The summed E-state index contributed by atoms with van der Waals surface area (Å²) in [6.07, 6.45) is 3.15. The number of piperidine rings is 1. The van der Waals surface area contributed by atoms with Gasteiger partial charge in [0.25, 0.3) is 0 Å². The van der Waals surface area contributed by atoms with E-state index < -0.39 is 5.97 Å². The van der Waals surface area contributed by atoms with Gasteiger partial charge in [-0.25, -0.2) is 0 Å². The molecule has 1 atom stereocenters. The maximum atomic E-state index is 11.4. The van der Waals surface area contributed by atoms with Gasteiger partial charge in [-0.2, -0.15) is 0 Å². The Morgan fingerprint density at radius 1 is 1.07 bits per heavy atom. The molecule has 3 aromatic rings. The molecule has 2 aliphatic heterocycles. The van der Waals surface area contributed by atoms with Gasteiger partial charge in [-0.3, -0.25) is 14.7 Å². The number of hydrogen-bond acceptors (Lipinski definition) is 5. The van der Waals surface area contributed by atoms with Crippen molar-refractivity contribution >= 4 is 16.9 Å². The lowest BCUT2D eigenvalue weighted by atomic mass is 9.90. The molecule has 29 heavy (non-hydrogen) atoms. The van der Waals surface area contributed by atoms with Crippen molar-refractivity contribution < 1.29 is 19.4 Å². The van der Waals surface area contributed by atoms with Crippen LogP contribution in [0.15, 0.2) is 54.7 Å². The maximum Gasteiger partial charge on any atom is 0.306 e. The van der Waals surface area contributed by atoms with Crippen LogP contribution in [0.5, 0.6) is 11.5 Å². The first-order valence-corrected chi connectivity index (χ1v) is 9.91. The summed E-state index contributed by atoms with van der Waals surface area (Å²) in [6, 6.07) is 16.3. The molecule has 6 heteroatoms. The number of rotatable bonds is 4. The number of aliphatic carboxylic acids is 1. The Morgan fingerprint density at radius 3 is 2.69 bits per heavy atom. The topological polar surface area (TPSA) is 71.9 Å². The second kappa shape index (κ2) is 7.37. The van der Waals surface area contributed by atoms with Crippen molar-refractivity contribution in [2.24, 2.45) is 5.92 Å². The fourth-order valence-electron chi connectivity index (χ4n) is 4.43. The molecule has 1 aromatic heterocycles. The van der Waals surface area contributed by atoms with E-state index in [1.807, 2.05) is 36.5 Å². The molecule has 1 fully saturated rings. The van der Waals surface area contributed by atoms with Crippen molar-refractivity contribution in [2.75, 3.05) is 19.9 Å². The van der Waals surface area contributed by atoms with E-state index in [1.54, 1.807) is 0 Å². The Kier molecular flexibility index (Phi) is 4.56. The van der Waals surface area contributed by atoms with Crippen LogP contribution >= 0.6 is 0 Å². The van der Waals surface area contributed by atoms with Crippen molar-refractivity contribution in [2.45, 2.75) is 18.9 Å². The van der Waals surface area contributed by atoms with Gasteiger partial charge in [-0.05, 0) is 61.3 Å². The summed E-state index contributed by atoms with van der Waals surface area (Å²) in [7, 11) is 0. The molecule has 0 bridgehead atoms. The number of para-hydroxylation sites is 1. The van der Waals surface area contributed by atoms with Crippen LogP contribution < -0.4 is 9.47 Å². The fraction of sp³-hybridized carbons (Fsp3) is 0.304. The molecule has 1 unspecified atom stereocenters. The first kappa shape index (κ1) is 17.9. The molecule has 148 valence electrons. The van der Waals surface area contributed by atoms with Crippen LogP contribution in [0.3, 0.4) is 0 Å². The average molecular weight is 390 g/mol. The van der Waals surface area contributed by atoms with Gasteiger partial charge < -0.3 is 14.6 Å².